The van der Waals surface area contributed by atoms with Crippen molar-refractivity contribution in [1.82, 2.24) is 4.98 Å². The summed E-state index contributed by atoms with van der Waals surface area (Å²) in [6.45, 7) is 4.16. The summed E-state index contributed by atoms with van der Waals surface area (Å²) in [5, 5.41) is 0. The number of ether oxygens (including phenoxy) is 3. The highest BCUT2D eigenvalue weighted by atomic mass is 19.1. The van der Waals surface area contributed by atoms with Gasteiger partial charge in [-0.3, -0.25) is 9.59 Å². The molecule has 1 aromatic carbocycles. The van der Waals surface area contributed by atoms with Crippen molar-refractivity contribution in [2.75, 3.05) is 31.3 Å². The zero-order valence-corrected chi connectivity index (χ0v) is 17.4. The number of fused-ring (bicyclic) bond motifs is 1. The SMILES string of the molecule is CCOCCCOc1ccc(O[C@@H]2CCN(c3cc(F)c4c(c3)C(=O)CC4)C2=O)cn1. The highest BCUT2D eigenvalue weighted by Gasteiger charge is 2.36. The third kappa shape index (κ3) is 4.69. The maximum absolute atomic E-state index is 14.4. The van der Waals surface area contributed by atoms with Crippen LogP contribution in [0, 0.1) is 5.82 Å². The number of benzene rings is 1. The highest BCUT2D eigenvalue weighted by Crippen LogP contribution is 2.32. The molecule has 1 amide bonds. The van der Waals surface area contributed by atoms with Crippen molar-refractivity contribution in [1.29, 1.82) is 0 Å². The van der Waals surface area contributed by atoms with Gasteiger partial charge < -0.3 is 19.1 Å². The molecule has 1 aliphatic carbocycles. The first-order valence-electron chi connectivity index (χ1n) is 10.6. The van der Waals surface area contributed by atoms with Crippen molar-refractivity contribution in [2.45, 2.75) is 38.7 Å². The Bertz CT molecular complexity index is 963. The predicted octanol–water partition coefficient (Wildman–Crippen LogP) is 3.34. The fourth-order valence-corrected chi connectivity index (χ4v) is 3.84. The fourth-order valence-electron chi connectivity index (χ4n) is 3.84. The van der Waals surface area contributed by atoms with Crippen molar-refractivity contribution in [3.8, 4) is 11.6 Å². The van der Waals surface area contributed by atoms with E-state index in [9.17, 15) is 14.0 Å². The van der Waals surface area contributed by atoms with Crippen LogP contribution in [0.15, 0.2) is 30.5 Å². The number of ketones is 1. The Balaban J connectivity index is 1.35. The molecule has 2 aromatic rings. The normalized spacial score (nSPS) is 17.9. The van der Waals surface area contributed by atoms with Crippen molar-refractivity contribution in [3.63, 3.8) is 0 Å². The molecule has 1 atom stereocenters. The number of halogens is 1. The topological polar surface area (TPSA) is 78.0 Å². The number of pyridine rings is 1. The predicted molar refractivity (Wildman–Crippen MR) is 111 cm³/mol. The summed E-state index contributed by atoms with van der Waals surface area (Å²) in [5.74, 6) is 0.151. The van der Waals surface area contributed by atoms with Gasteiger partial charge in [0, 0.05) is 56.3 Å². The first kappa shape index (κ1) is 21.2. The molecule has 2 heterocycles. The van der Waals surface area contributed by atoms with E-state index in [4.69, 9.17) is 14.2 Å². The second kappa shape index (κ2) is 9.43. The van der Waals surface area contributed by atoms with Crippen LogP contribution in [0.3, 0.4) is 0 Å². The molecule has 1 saturated heterocycles. The number of aromatic nitrogens is 1. The number of anilines is 1. The quantitative estimate of drug-likeness (QED) is 0.570. The van der Waals surface area contributed by atoms with Crippen LogP contribution in [0.2, 0.25) is 0 Å². The first-order valence-corrected chi connectivity index (χ1v) is 10.6. The van der Waals surface area contributed by atoms with Crippen LogP contribution in [-0.2, 0) is 16.0 Å². The smallest absolute Gasteiger partial charge is 0.268 e. The van der Waals surface area contributed by atoms with Crippen LogP contribution < -0.4 is 14.4 Å². The molecule has 1 aliphatic heterocycles. The third-order valence-electron chi connectivity index (χ3n) is 5.43. The lowest BCUT2D eigenvalue weighted by Gasteiger charge is -2.18. The maximum Gasteiger partial charge on any atom is 0.268 e. The van der Waals surface area contributed by atoms with E-state index >= 15 is 0 Å². The second-order valence-corrected chi connectivity index (χ2v) is 7.49. The Hall–Kier alpha value is -3.00. The molecule has 0 radical (unpaired) electrons. The number of hydrogen-bond donors (Lipinski definition) is 0. The van der Waals surface area contributed by atoms with Crippen LogP contribution in [0.4, 0.5) is 10.1 Å². The number of nitrogens with zero attached hydrogens (tertiary/aromatic N) is 2. The second-order valence-electron chi connectivity index (χ2n) is 7.49. The lowest BCUT2D eigenvalue weighted by atomic mass is 10.1. The molecule has 164 valence electrons. The molecule has 0 bridgehead atoms. The molecule has 0 saturated carbocycles. The Morgan fingerprint density at radius 2 is 2.06 bits per heavy atom. The average Bonchev–Trinajstić information content (AvgIpc) is 3.32. The van der Waals surface area contributed by atoms with E-state index in [2.05, 4.69) is 4.98 Å². The monoisotopic (exact) mass is 428 g/mol. The van der Waals surface area contributed by atoms with E-state index in [1.807, 2.05) is 6.92 Å². The summed E-state index contributed by atoms with van der Waals surface area (Å²) < 4.78 is 31.0. The Morgan fingerprint density at radius 1 is 1.19 bits per heavy atom. The number of rotatable bonds is 9. The van der Waals surface area contributed by atoms with Crippen LogP contribution >= 0.6 is 0 Å². The largest absolute Gasteiger partial charge is 0.479 e. The first-order chi connectivity index (χ1) is 15.1. The lowest BCUT2D eigenvalue weighted by molar-refractivity contribution is -0.122. The summed E-state index contributed by atoms with van der Waals surface area (Å²) in [6.07, 6.45) is 2.79. The summed E-state index contributed by atoms with van der Waals surface area (Å²) in [7, 11) is 0. The van der Waals surface area contributed by atoms with Gasteiger partial charge in [0.05, 0.1) is 12.8 Å². The number of carbonyl (C=O) groups excluding carboxylic acids is 2. The number of amides is 1. The standard InChI is InChI=1S/C23H25FN2O5/c1-2-29-10-3-11-30-22-7-4-16(14-25-22)31-21-8-9-26(23(21)28)15-12-18-17(19(24)13-15)5-6-20(18)27/h4,7,12-14,21H,2-3,5-6,8-11H2,1H3/t21-/m1/s1. The molecule has 4 rings (SSSR count). The maximum atomic E-state index is 14.4. The molecule has 8 heteroatoms. The summed E-state index contributed by atoms with van der Waals surface area (Å²) in [4.78, 5) is 30.5. The molecular formula is C23H25FN2O5. The average molecular weight is 428 g/mol. The lowest BCUT2D eigenvalue weighted by Crippen LogP contribution is -2.32. The van der Waals surface area contributed by atoms with Crippen molar-refractivity contribution < 1.29 is 28.2 Å². The van der Waals surface area contributed by atoms with Crippen molar-refractivity contribution >= 4 is 17.4 Å². The zero-order chi connectivity index (χ0) is 21.8. The molecule has 1 fully saturated rings. The molecule has 0 spiro atoms. The Labute approximate surface area is 180 Å². The van der Waals surface area contributed by atoms with Gasteiger partial charge in [0.1, 0.15) is 11.6 Å². The van der Waals surface area contributed by atoms with Gasteiger partial charge in [-0.25, -0.2) is 9.37 Å². The summed E-state index contributed by atoms with van der Waals surface area (Å²) in [5.41, 5.74) is 1.23. The van der Waals surface area contributed by atoms with E-state index in [0.29, 0.717) is 74.1 Å². The van der Waals surface area contributed by atoms with Gasteiger partial charge in [0.25, 0.3) is 5.91 Å². The molecule has 2 aliphatic rings. The fraction of sp³-hybridized carbons (Fsp3) is 0.435. The summed E-state index contributed by atoms with van der Waals surface area (Å²) >= 11 is 0. The molecule has 31 heavy (non-hydrogen) atoms. The number of hydrogen-bond acceptors (Lipinski definition) is 6. The van der Waals surface area contributed by atoms with E-state index in [1.165, 1.54) is 17.2 Å². The van der Waals surface area contributed by atoms with Crippen LogP contribution in [0.25, 0.3) is 0 Å². The van der Waals surface area contributed by atoms with E-state index in [0.717, 1.165) is 6.42 Å². The Kier molecular flexibility index (Phi) is 6.46. The van der Waals surface area contributed by atoms with Gasteiger partial charge >= 0.3 is 0 Å². The molecule has 0 unspecified atom stereocenters. The van der Waals surface area contributed by atoms with Crippen molar-refractivity contribution in [2.24, 2.45) is 0 Å². The number of Topliss-reactive ketones (excluding diaryl/α,β-unsaturated/α-hetero) is 1. The van der Waals surface area contributed by atoms with Gasteiger partial charge in [0.2, 0.25) is 5.88 Å². The van der Waals surface area contributed by atoms with E-state index < -0.39 is 11.9 Å². The Morgan fingerprint density at radius 3 is 2.84 bits per heavy atom. The van der Waals surface area contributed by atoms with Crippen LogP contribution in [0.5, 0.6) is 11.6 Å². The third-order valence-corrected chi connectivity index (χ3v) is 5.43. The van der Waals surface area contributed by atoms with Gasteiger partial charge in [-0.2, -0.15) is 0 Å². The minimum Gasteiger partial charge on any atom is -0.479 e. The minimum absolute atomic E-state index is 0.0820. The van der Waals surface area contributed by atoms with Gasteiger partial charge in [0.15, 0.2) is 11.9 Å². The minimum atomic E-state index is -0.688. The van der Waals surface area contributed by atoms with E-state index in [1.54, 1.807) is 18.2 Å². The van der Waals surface area contributed by atoms with Gasteiger partial charge in [-0.05, 0) is 37.1 Å². The van der Waals surface area contributed by atoms with Crippen molar-refractivity contribution in [3.05, 3.63) is 47.4 Å². The van der Waals surface area contributed by atoms with Gasteiger partial charge in [-0.1, -0.05) is 0 Å². The number of carbonyl (C=O) groups is 2. The molecule has 0 N–H and O–H groups in total. The van der Waals surface area contributed by atoms with Crippen LogP contribution in [0.1, 0.15) is 42.1 Å². The molecule has 7 nitrogen and oxygen atoms in total. The van der Waals surface area contributed by atoms with E-state index in [-0.39, 0.29) is 11.7 Å². The van der Waals surface area contributed by atoms with Crippen LogP contribution in [-0.4, -0.2) is 49.1 Å². The highest BCUT2D eigenvalue weighted by molar-refractivity contribution is 6.04. The zero-order valence-electron chi connectivity index (χ0n) is 17.4. The summed E-state index contributed by atoms with van der Waals surface area (Å²) in [6, 6.07) is 6.34. The molecular weight excluding hydrogens is 403 g/mol. The van der Waals surface area contributed by atoms with Gasteiger partial charge in [-0.15, -0.1) is 0 Å². The molecule has 1 aromatic heterocycles.